The summed E-state index contributed by atoms with van der Waals surface area (Å²) in [5, 5.41) is 0. The van der Waals surface area contributed by atoms with Crippen LogP contribution in [-0.2, 0) is 20.8 Å². The lowest BCUT2D eigenvalue weighted by Gasteiger charge is -2.11. The van der Waals surface area contributed by atoms with Gasteiger partial charge >= 0.3 is 0 Å². The van der Waals surface area contributed by atoms with Crippen molar-refractivity contribution in [3.63, 3.8) is 0 Å². The van der Waals surface area contributed by atoms with Crippen LogP contribution in [0.1, 0.15) is 6.92 Å². The maximum absolute atomic E-state index is 12.1. The molecule has 0 aliphatic rings. The normalized spacial score (nSPS) is 13.4. The lowest BCUT2D eigenvalue weighted by Crippen LogP contribution is -2.29. The summed E-state index contributed by atoms with van der Waals surface area (Å²) in [7, 11) is -4.73. The van der Waals surface area contributed by atoms with Gasteiger partial charge in [-0.3, -0.25) is 4.21 Å². The van der Waals surface area contributed by atoms with Crippen molar-refractivity contribution < 1.29 is 12.6 Å². The molecule has 1 unspecified atom stereocenters. The molecule has 0 bridgehead atoms. The van der Waals surface area contributed by atoms with Gasteiger partial charge in [-0.05, 0) is 28.1 Å². The average molecular weight is 434 g/mol. The second-order valence-electron chi connectivity index (χ2n) is 3.64. The lowest BCUT2D eigenvalue weighted by atomic mass is 10.3. The maximum Gasteiger partial charge on any atom is 0.243 e. The molecule has 108 valence electrons. The molecule has 0 aliphatic carbocycles. The Bertz CT molecular complexity index is 567. The van der Waals surface area contributed by atoms with Crippen molar-refractivity contribution in [2.75, 3.05) is 23.8 Å². The second-order valence-corrected chi connectivity index (χ2v) is 8.98. The van der Waals surface area contributed by atoms with Crippen LogP contribution in [0.15, 0.2) is 26.0 Å². The first kappa shape index (κ1) is 17.1. The van der Waals surface area contributed by atoms with E-state index in [1.807, 2.05) is 0 Å². The molecule has 0 spiro atoms. The molecule has 0 aliphatic heterocycles. The van der Waals surface area contributed by atoms with Crippen LogP contribution in [0, 0.1) is 0 Å². The summed E-state index contributed by atoms with van der Waals surface area (Å²) in [5.74, 6) is 0.787. The van der Waals surface area contributed by atoms with E-state index in [1.165, 1.54) is 6.07 Å². The largest absolute Gasteiger partial charge is 0.398 e. The van der Waals surface area contributed by atoms with E-state index < -0.39 is 20.8 Å². The van der Waals surface area contributed by atoms with Crippen LogP contribution in [0.5, 0.6) is 0 Å². The van der Waals surface area contributed by atoms with Gasteiger partial charge in [0.1, 0.15) is 4.90 Å². The van der Waals surface area contributed by atoms with Crippen LogP contribution in [0.25, 0.3) is 0 Å². The van der Waals surface area contributed by atoms with Crippen molar-refractivity contribution in [1.82, 2.24) is 4.72 Å². The maximum atomic E-state index is 12.1. The van der Waals surface area contributed by atoms with E-state index in [9.17, 15) is 12.6 Å². The fourth-order valence-electron chi connectivity index (χ4n) is 1.37. The third kappa shape index (κ3) is 4.82. The number of hydrogen-bond acceptors (Lipinski definition) is 4. The number of nitrogen functional groups attached to an aromatic ring is 1. The molecule has 3 N–H and O–H groups in total. The molecule has 0 heterocycles. The Labute approximate surface area is 132 Å². The molecule has 1 rings (SSSR count). The van der Waals surface area contributed by atoms with Gasteiger partial charge in [0.15, 0.2) is 0 Å². The third-order valence-electron chi connectivity index (χ3n) is 2.25. The molecule has 9 heteroatoms. The monoisotopic (exact) mass is 432 g/mol. The van der Waals surface area contributed by atoms with Crippen molar-refractivity contribution in [1.29, 1.82) is 0 Å². The zero-order chi connectivity index (χ0) is 14.6. The van der Waals surface area contributed by atoms with E-state index in [2.05, 4.69) is 36.6 Å². The number of hydrogen-bond donors (Lipinski definition) is 2. The lowest BCUT2D eigenvalue weighted by molar-refractivity contribution is 0.584. The number of rotatable bonds is 6. The highest BCUT2D eigenvalue weighted by Gasteiger charge is 2.21. The first-order valence-electron chi connectivity index (χ1n) is 5.37. The zero-order valence-electron chi connectivity index (χ0n) is 10.2. The molecule has 1 aromatic carbocycles. The van der Waals surface area contributed by atoms with Gasteiger partial charge in [0.25, 0.3) is 0 Å². The van der Waals surface area contributed by atoms with E-state index in [0.29, 0.717) is 14.7 Å². The smallest absolute Gasteiger partial charge is 0.243 e. The Morgan fingerprint density at radius 3 is 2.53 bits per heavy atom. The summed E-state index contributed by atoms with van der Waals surface area (Å²) in [6.07, 6.45) is 0. The standard InChI is InChI=1S/C10H14Br2N2O3S2/c1-2-18(15)4-3-14-19(16,17)10-8(12)5-7(11)6-9(10)13/h5-6,14H,2-4,13H2,1H3. The van der Waals surface area contributed by atoms with Crippen LogP contribution in [0.4, 0.5) is 5.69 Å². The molecule has 1 atom stereocenters. The molecule has 0 saturated carbocycles. The fraction of sp³-hybridized carbons (Fsp3) is 0.400. The summed E-state index contributed by atoms with van der Waals surface area (Å²) < 4.78 is 38.9. The highest BCUT2D eigenvalue weighted by atomic mass is 79.9. The summed E-state index contributed by atoms with van der Waals surface area (Å²) in [4.78, 5) is -0.00187. The Balaban J connectivity index is 2.92. The fourth-order valence-corrected chi connectivity index (χ4v) is 5.22. The number of anilines is 1. The van der Waals surface area contributed by atoms with Crippen molar-refractivity contribution in [3.8, 4) is 0 Å². The zero-order valence-corrected chi connectivity index (χ0v) is 15.0. The number of benzene rings is 1. The quantitative estimate of drug-likeness (QED) is 0.669. The van der Waals surface area contributed by atoms with E-state index in [1.54, 1.807) is 13.0 Å². The Kier molecular flexibility index (Phi) is 6.44. The molecular weight excluding hydrogens is 420 g/mol. The highest BCUT2D eigenvalue weighted by Crippen LogP contribution is 2.31. The predicted octanol–water partition coefficient (Wildman–Crippen LogP) is 1.84. The minimum absolute atomic E-state index is 0.00187. The van der Waals surface area contributed by atoms with Gasteiger partial charge in [-0.15, -0.1) is 0 Å². The van der Waals surface area contributed by atoms with Crippen molar-refractivity contribution in [2.24, 2.45) is 0 Å². The van der Waals surface area contributed by atoms with Crippen molar-refractivity contribution in [3.05, 3.63) is 21.1 Å². The first-order chi connectivity index (χ1) is 8.77. The van der Waals surface area contributed by atoms with Gasteiger partial charge in [-0.2, -0.15) is 0 Å². The molecule has 0 amide bonds. The summed E-state index contributed by atoms with van der Waals surface area (Å²) in [6.45, 7) is 1.90. The van der Waals surface area contributed by atoms with Crippen LogP contribution in [0.2, 0.25) is 0 Å². The van der Waals surface area contributed by atoms with Gasteiger partial charge in [-0.25, -0.2) is 13.1 Å². The van der Waals surface area contributed by atoms with Crippen LogP contribution < -0.4 is 10.5 Å². The summed E-state index contributed by atoms with van der Waals surface area (Å²) in [6, 6.07) is 3.12. The molecule has 0 fully saturated rings. The topological polar surface area (TPSA) is 89.3 Å². The molecule has 5 nitrogen and oxygen atoms in total. The number of sulfonamides is 1. The van der Waals surface area contributed by atoms with Crippen molar-refractivity contribution in [2.45, 2.75) is 11.8 Å². The minimum Gasteiger partial charge on any atom is -0.398 e. The SMILES string of the molecule is CCS(=O)CCNS(=O)(=O)c1c(N)cc(Br)cc1Br. The molecular formula is C10H14Br2N2O3S2. The Morgan fingerprint density at radius 1 is 1.37 bits per heavy atom. The van der Waals surface area contributed by atoms with Gasteiger partial charge in [0.2, 0.25) is 10.0 Å². The first-order valence-corrected chi connectivity index (χ1v) is 9.92. The van der Waals surface area contributed by atoms with E-state index in [0.717, 1.165) is 0 Å². The van der Waals surface area contributed by atoms with Crippen LogP contribution in [-0.4, -0.2) is 30.7 Å². The average Bonchev–Trinajstić information content (AvgIpc) is 2.26. The summed E-state index contributed by atoms with van der Waals surface area (Å²) >= 11 is 6.41. The highest BCUT2D eigenvalue weighted by molar-refractivity contribution is 9.11. The van der Waals surface area contributed by atoms with E-state index in [4.69, 9.17) is 5.73 Å². The van der Waals surface area contributed by atoms with Gasteiger partial charge in [0.05, 0.1) is 5.69 Å². The number of nitrogens with one attached hydrogen (secondary N) is 1. The number of nitrogens with two attached hydrogens (primary N) is 1. The summed E-state index contributed by atoms with van der Waals surface area (Å²) in [5.41, 5.74) is 5.87. The molecule has 19 heavy (non-hydrogen) atoms. The molecule has 0 radical (unpaired) electrons. The Morgan fingerprint density at radius 2 is 2.00 bits per heavy atom. The molecule has 0 saturated heterocycles. The van der Waals surface area contributed by atoms with E-state index in [-0.39, 0.29) is 22.9 Å². The number of halogens is 2. The molecule has 1 aromatic rings. The minimum atomic E-state index is -3.72. The van der Waals surface area contributed by atoms with Gasteiger partial charge < -0.3 is 5.73 Å². The van der Waals surface area contributed by atoms with Gasteiger partial charge in [0, 0.05) is 37.8 Å². The second kappa shape index (κ2) is 7.16. The van der Waals surface area contributed by atoms with Gasteiger partial charge in [-0.1, -0.05) is 22.9 Å². The third-order valence-corrected chi connectivity index (χ3v) is 6.48. The van der Waals surface area contributed by atoms with E-state index >= 15 is 0 Å². The predicted molar refractivity (Wildman–Crippen MR) is 85.0 cm³/mol. The Hall–Kier alpha value is 0.0400. The molecule has 0 aromatic heterocycles. The van der Waals surface area contributed by atoms with Crippen LogP contribution >= 0.6 is 31.9 Å². The van der Waals surface area contributed by atoms with Crippen molar-refractivity contribution >= 4 is 58.4 Å². The van der Waals surface area contributed by atoms with Crippen LogP contribution in [0.3, 0.4) is 0 Å².